The molecular weight excluding hydrogens is 293 g/mol. The molecule has 1 atom stereocenters. The predicted molar refractivity (Wildman–Crippen MR) is 92.4 cm³/mol. The van der Waals surface area contributed by atoms with Crippen LogP contribution < -0.4 is 15.4 Å². The van der Waals surface area contributed by atoms with Crippen molar-refractivity contribution in [2.75, 3.05) is 13.1 Å². The van der Waals surface area contributed by atoms with Gasteiger partial charge in [0.05, 0.1) is 6.54 Å². The highest BCUT2D eigenvalue weighted by Gasteiger charge is 2.14. The van der Waals surface area contributed by atoms with Crippen molar-refractivity contribution < 1.29 is 9.13 Å². The van der Waals surface area contributed by atoms with E-state index in [-0.39, 0.29) is 17.7 Å². The number of benzene rings is 1. The van der Waals surface area contributed by atoms with E-state index in [2.05, 4.69) is 27.8 Å². The molecule has 126 valence electrons. The van der Waals surface area contributed by atoms with Crippen molar-refractivity contribution in [3.05, 3.63) is 42.2 Å². The number of rotatable bonds is 7. The zero-order valence-corrected chi connectivity index (χ0v) is 13.9. The first-order valence-corrected chi connectivity index (χ1v) is 8.34. The monoisotopic (exact) mass is 319 g/mol. The van der Waals surface area contributed by atoms with Gasteiger partial charge in [0.1, 0.15) is 6.10 Å². The summed E-state index contributed by atoms with van der Waals surface area (Å²) in [5.41, 5.74) is 0. The maximum absolute atomic E-state index is 13.7. The summed E-state index contributed by atoms with van der Waals surface area (Å²) in [5, 5.41) is 6.66. The third kappa shape index (κ3) is 5.58. The second-order valence-corrected chi connectivity index (χ2v) is 5.58. The van der Waals surface area contributed by atoms with Gasteiger partial charge in [0, 0.05) is 12.6 Å². The summed E-state index contributed by atoms with van der Waals surface area (Å²) >= 11 is 0. The zero-order chi connectivity index (χ0) is 16.5. The number of hydrogen-bond acceptors (Lipinski definition) is 2. The van der Waals surface area contributed by atoms with Crippen molar-refractivity contribution in [3.8, 4) is 5.75 Å². The molecule has 0 heterocycles. The number of nitrogens with one attached hydrogen (secondary N) is 2. The molecule has 0 radical (unpaired) electrons. The number of aliphatic imine (C=N–C) groups is 1. The van der Waals surface area contributed by atoms with Gasteiger partial charge >= 0.3 is 0 Å². The van der Waals surface area contributed by atoms with Gasteiger partial charge in [-0.25, -0.2) is 9.38 Å². The number of ether oxygens (including phenoxy) is 1. The van der Waals surface area contributed by atoms with Crippen LogP contribution in [0.4, 0.5) is 4.39 Å². The molecule has 1 aromatic rings. The summed E-state index contributed by atoms with van der Waals surface area (Å²) < 4.78 is 19.4. The molecule has 1 aromatic carbocycles. The lowest BCUT2D eigenvalue weighted by atomic mass is 10.2. The summed E-state index contributed by atoms with van der Waals surface area (Å²) in [6.07, 6.45) is 7.02. The number of para-hydroxylation sites is 1. The SMILES string of the molecule is CCNC(=NCC(CC)Oc1ccccc1F)NC1CC=CC1. The van der Waals surface area contributed by atoms with Crippen molar-refractivity contribution in [2.24, 2.45) is 4.99 Å². The van der Waals surface area contributed by atoms with Gasteiger partial charge in [0.25, 0.3) is 0 Å². The summed E-state index contributed by atoms with van der Waals surface area (Å²) in [5.74, 6) is 0.737. The van der Waals surface area contributed by atoms with E-state index in [4.69, 9.17) is 4.74 Å². The second kappa shape index (κ2) is 9.18. The van der Waals surface area contributed by atoms with Gasteiger partial charge in [-0.1, -0.05) is 31.2 Å². The first-order chi connectivity index (χ1) is 11.2. The molecule has 5 heteroatoms. The average molecular weight is 319 g/mol. The van der Waals surface area contributed by atoms with Crippen LogP contribution in [0.3, 0.4) is 0 Å². The molecule has 4 nitrogen and oxygen atoms in total. The highest BCUT2D eigenvalue weighted by molar-refractivity contribution is 5.80. The molecule has 0 aliphatic heterocycles. The van der Waals surface area contributed by atoms with E-state index in [1.165, 1.54) is 6.07 Å². The predicted octanol–water partition coefficient (Wildman–Crippen LogP) is 3.26. The lowest BCUT2D eigenvalue weighted by molar-refractivity contribution is 0.196. The fourth-order valence-corrected chi connectivity index (χ4v) is 2.41. The largest absolute Gasteiger partial charge is 0.485 e. The van der Waals surface area contributed by atoms with Crippen molar-refractivity contribution >= 4 is 5.96 Å². The zero-order valence-electron chi connectivity index (χ0n) is 13.9. The Morgan fingerprint density at radius 1 is 1.30 bits per heavy atom. The van der Waals surface area contributed by atoms with Gasteiger partial charge in [-0.2, -0.15) is 0 Å². The molecular formula is C18H26FN3O. The van der Waals surface area contributed by atoms with Crippen LogP contribution in [0.25, 0.3) is 0 Å². The fraction of sp³-hybridized carbons (Fsp3) is 0.500. The van der Waals surface area contributed by atoms with Crippen LogP contribution in [-0.4, -0.2) is 31.2 Å². The Morgan fingerprint density at radius 2 is 2.04 bits per heavy atom. The molecule has 0 saturated carbocycles. The maximum Gasteiger partial charge on any atom is 0.191 e. The summed E-state index contributed by atoms with van der Waals surface area (Å²) in [4.78, 5) is 4.59. The van der Waals surface area contributed by atoms with Gasteiger partial charge in [-0.3, -0.25) is 0 Å². The minimum atomic E-state index is -0.336. The third-order valence-electron chi connectivity index (χ3n) is 3.73. The molecule has 1 unspecified atom stereocenters. The molecule has 1 aliphatic carbocycles. The smallest absolute Gasteiger partial charge is 0.191 e. The van der Waals surface area contributed by atoms with Crippen LogP contribution in [0.2, 0.25) is 0 Å². The van der Waals surface area contributed by atoms with Crippen LogP contribution in [0.15, 0.2) is 41.4 Å². The molecule has 2 N–H and O–H groups in total. The van der Waals surface area contributed by atoms with E-state index in [0.29, 0.717) is 12.6 Å². The number of guanidine groups is 1. The van der Waals surface area contributed by atoms with Gasteiger partial charge in [0.15, 0.2) is 17.5 Å². The van der Waals surface area contributed by atoms with E-state index < -0.39 is 0 Å². The summed E-state index contributed by atoms with van der Waals surface area (Å²) in [6, 6.07) is 6.89. The first-order valence-electron chi connectivity index (χ1n) is 8.34. The van der Waals surface area contributed by atoms with Gasteiger partial charge in [-0.15, -0.1) is 0 Å². The first kappa shape index (κ1) is 17.3. The molecule has 0 fully saturated rings. The number of halogens is 1. The third-order valence-corrected chi connectivity index (χ3v) is 3.73. The Kier molecular flexibility index (Phi) is 6.91. The van der Waals surface area contributed by atoms with Crippen LogP contribution in [0.1, 0.15) is 33.1 Å². The van der Waals surface area contributed by atoms with Gasteiger partial charge in [0.2, 0.25) is 0 Å². The summed E-state index contributed by atoms with van der Waals surface area (Å²) in [7, 11) is 0. The highest BCUT2D eigenvalue weighted by Crippen LogP contribution is 2.18. The molecule has 0 spiro atoms. The number of nitrogens with zero attached hydrogens (tertiary/aromatic N) is 1. The molecule has 0 saturated heterocycles. The van der Waals surface area contributed by atoms with Gasteiger partial charge < -0.3 is 15.4 Å². The lowest BCUT2D eigenvalue weighted by Gasteiger charge is -2.19. The van der Waals surface area contributed by atoms with Gasteiger partial charge in [-0.05, 0) is 38.3 Å². The Bertz CT molecular complexity index is 537. The van der Waals surface area contributed by atoms with E-state index in [1.54, 1.807) is 18.2 Å². The highest BCUT2D eigenvalue weighted by atomic mass is 19.1. The van der Waals surface area contributed by atoms with Crippen molar-refractivity contribution in [2.45, 2.75) is 45.3 Å². The molecule has 23 heavy (non-hydrogen) atoms. The molecule has 0 amide bonds. The Hall–Kier alpha value is -2.04. The Balaban J connectivity index is 1.93. The Labute approximate surface area is 137 Å². The normalized spacial score (nSPS) is 16.4. The minimum absolute atomic E-state index is 0.149. The van der Waals surface area contributed by atoms with E-state index in [1.807, 2.05) is 13.8 Å². The maximum atomic E-state index is 13.7. The molecule has 0 bridgehead atoms. The molecule has 0 aromatic heterocycles. The van der Waals surface area contributed by atoms with E-state index >= 15 is 0 Å². The number of hydrogen-bond donors (Lipinski definition) is 2. The average Bonchev–Trinajstić information content (AvgIpc) is 3.06. The minimum Gasteiger partial charge on any atom is -0.485 e. The van der Waals surface area contributed by atoms with E-state index in [9.17, 15) is 4.39 Å². The fourth-order valence-electron chi connectivity index (χ4n) is 2.41. The molecule has 1 aliphatic rings. The van der Waals surface area contributed by atoms with Crippen molar-refractivity contribution in [1.82, 2.24) is 10.6 Å². The second-order valence-electron chi connectivity index (χ2n) is 5.58. The van der Waals surface area contributed by atoms with Crippen LogP contribution in [-0.2, 0) is 0 Å². The molecule has 2 rings (SSSR count). The summed E-state index contributed by atoms with van der Waals surface area (Å²) in [6.45, 7) is 5.34. The Morgan fingerprint density at radius 3 is 2.70 bits per heavy atom. The topological polar surface area (TPSA) is 45.7 Å². The van der Waals surface area contributed by atoms with Crippen LogP contribution in [0, 0.1) is 5.82 Å². The van der Waals surface area contributed by atoms with Crippen LogP contribution >= 0.6 is 0 Å². The van der Waals surface area contributed by atoms with Crippen LogP contribution in [0.5, 0.6) is 5.75 Å². The van der Waals surface area contributed by atoms with Crippen molar-refractivity contribution in [3.63, 3.8) is 0 Å². The van der Waals surface area contributed by atoms with E-state index in [0.717, 1.165) is 31.8 Å². The lowest BCUT2D eigenvalue weighted by Crippen LogP contribution is -2.43. The standard InChI is InChI=1S/C18H26FN3O/c1-3-15(23-17-12-8-7-11-16(17)19)13-21-18(20-4-2)22-14-9-5-6-10-14/h5-8,11-12,14-15H,3-4,9-10,13H2,1-2H3,(H2,20,21,22). The quantitative estimate of drug-likeness (QED) is 0.461. The van der Waals surface area contributed by atoms with Crippen molar-refractivity contribution in [1.29, 1.82) is 0 Å².